The van der Waals surface area contributed by atoms with Crippen molar-refractivity contribution in [2.75, 3.05) is 7.05 Å². The molecule has 182 valence electrons. The van der Waals surface area contributed by atoms with Gasteiger partial charge < -0.3 is 13.7 Å². The highest BCUT2D eigenvalue weighted by Crippen LogP contribution is 2.54. The van der Waals surface area contributed by atoms with Crippen LogP contribution in [0.15, 0.2) is 104 Å². The molecule has 1 unspecified atom stereocenters. The van der Waals surface area contributed by atoms with Gasteiger partial charge in [-0.1, -0.05) is 24.3 Å². The summed E-state index contributed by atoms with van der Waals surface area (Å²) in [5.41, 5.74) is -0.186. The number of benzene rings is 1. The zero-order valence-corrected chi connectivity index (χ0v) is 21.3. The molecule has 1 atom stereocenters. The third kappa shape index (κ3) is 3.41. The van der Waals surface area contributed by atoms with Gasteiger partial charge in [-0.3, -0.25) is 0 Å². The molecule has 0 amide bonds. The SMILES string of the molecule is CN1C(c2cccs2)=C(c2ncco2)N(NS(=O)(=O)c2ccccc2)C1(c1ccco1)c1nccs1. The molecule has 5 heterocycles. The third-order valence-electron chi connectivity index (χ3n) is 5.84. The standard InChI is InChI=1S/C24H19N5O4S3/c1-28-20(18-9-6-15-34-18)21(22-25-11-14-33-22)29(27-36(30,31)17-7-3-2-4-8-17)24(28,19-10-5-13-32-19)23-26-12-16-35-23/h2-16,27H,1H3. The first kappa shape index (κ1) is 22.7. The van der Waals surface area contributed by atoms with Crippen LogP contribution in [0.3, 0.4) is 0 Å². The Morgan fingerprint density at radius 3 is 2.39 bits per heavy atom. The Labute approximate surface area is 215 Å². The van der Waals surface area contributed by atoms with Crippen molar-refractivity contribution in [3.05, 3.63) is 112 Å². The Morgan fingerprint density at radius 2 is 1.75 bits per heavy atom. The number of hydrogen-bond donors (Lipinski definition) is 1. The van der Waals surface area contributed by atoms with Gasteiger partial charge in [-0.25, -0.2) is 23.4 Å². The number of thiophene rings is 1. The van der Waals surface area contributed by atoms with Gasteiger partial charge in [-0.15, -0.1) is 27.5 Å². The van der Waals surface area contributed by atoms with Gasteiger partial charge in [0.1, 0.15) is 17.0 Å². The van der Waals surface area contributed by atoms with E-state index >= 15 is 0 Å². The van der Waals surface area contributed by atoms with Gasteiger partial charge in [0.15, 0.2) is 5.76 Å². The van der Waals surface area contributed by atoms with Gasteiger partial charge >= 0.3 is 0 Å². The molecule has 9 nitrogen and oxygen atoms in total. The minimum atomic E-state index is -4.05. The fourth-order valence-corrected chi connectivity index (χ4v) is 7.10. The topological polar surface area (TPSA) is 105 Å². The van der Waals surface area contributed by atoms with Crippen LogP contribution in [0.4, 0.5) is 0 Å². The Morgan fingerprint density at radius 1 is 0.889 bits per heavy atom. The molecular weight excluding hydrogens is 518 g/mol. The number of furan rings is 1. The molecule has 1 aliphatic rings. The van der Waals surface area contributed by atoms with Crippen LogP contribution >= 0.6 is 22.7 Å². The average Bonchev–Trinajstić information content (AvgIpc) is 3.71. The summed E-state index contributed by atoms with van der Waals surface area (Å²) < 4.78 is 39.2. The van der Waals surface area contributed by atoms with E-state index in [2.05, 4.69) is 14.8 Å². The number of hydrazine groups is 1. The van der Waals surface area contributed by atoms with Crippen molar-refractivity contribution >= 4 is 44.1 Å². The van der Waals surface area contributed by atoms with Crippen molar-refractivity contribution in [2.24, 2.45) is 0 Å². The molecule has 36 heavy (non-hydrogen) atoms. The molecule has 1 N–H and O–H groups in total. The molecular formula is C24H19N5O4S3. The maximum Gasteiger partial charge on any atom is 0.257 e. The number of sulfonamides is 1. The van der Waals surface area contributed by atoms with Crippen LogP contribution in [0.25, 0.3) is 11.4 Å². The Hall–Kier alpha value is -3.71. The van der Waals surface area contributed by atoms with Gasteiger partial charge in [0, 0.05) is 18.6 Å². The molecule has 0 saturated carbocycles. The summed E-state index contributed by atoms with van der Waals surface area (Å²) in [5, 5.41) is 5.92. The fourth-order valence-electron chi connectivity index (χ4n) is 4.35. The van der Waals surface area contributed by atoms with Gasteiger partial charge in [-0.05, 0) is 35.7 Å². The Balaban J connectivity index is 1.67. The van der Waals surface area contributed by atoms with Gasteiger partial charge in [0.05, 0.1) is 27.9 Å². The van der Waals surface area contributed by atoms with E-state index in [1.807, 2.05) is 34.8 Å². The van der Waals surface area contributed by atoms with E-state index in [-0.39, 0.29) is 10.8 Å². The zero-order valence-electron chi connectivity index (χ0n) is 18.8. The van der Waals surface area contributed by atoms with Crippen molar-refractivity contribution in [1.29, 1.82) is 0 Å². The van der Waals surface area contributed by atoms with E-state index in [1.54, 1.807) is 42.8 Å². The molecule has 0 saturated heterocycles. The Kier molecular flexibility index (Phi) is 5.52. The highest BCUT2D eigenvalue weighted by atomic mass is 32.2. The maximum absolute atomic E-state index is 13.7. The number of rotatable bonds is 7. The summed E-state index contributed by atoms with van der Waals surface area (Å²) in [4.78, 5) is 14.8. The molecule has 5 aromatic rings. The molecule has 4 aromatic heterocycles. The van der Waals surface area contributed by atoms with E-state index in [1.165, 1.54) is 52.3 Å². The number of nitrogens with one attached hydrogen (secondary N) is 1. The van der Waals surface area contributed by atoms with Crippen LogP contribution < -0.4 is 4.83 Å². The van der Waals surface area contributed by atoms with Gasteiger partial charge in [0.2, 0.25) is 11.6 Å². The minimum Gasteiger partial charge on any atom is -0.464 e. The second kappa shape index (κ2) is 8.75. The highest BCUT2D eigenvalue weighted by Gasteiger charge is 2.59. The van der Waals surface area contributed by atoms with Crippen LogP contribution in [0.1, 0.15) is 21.5 Å². The number of hydrogen-bond acceptors (Lipinski definition) is 10. The number of nitrogens with zero attached hydrogens (tertiary/aromatic N) is 4. The smallest absolute Gasteiger partial charge is 0.257 e. The lowest BCUT2D eigenvalue weighted by molar-refractivity contribution is 0.0528. The first-order valence-corrected chi connectivity index (χ1v) is 14.0. The van der Waals surface area contributed by atoms with Crippen LogP contribution in [0.2, 0.25) is 0 Å². The van der Waals surface area contributed by atoms with Crippen molar-refractivity contribution < 1.29 is 17.3 Å². The first-order valence-electron chi connectivity index (χ1n) is 10.8. The van der Waals surface area contributed by atoms with Gasteiger partial charge in [-0.2, -0.15) is 0 Å². The highest BCUT2D eigenvalue weighted by molar-refractivity contribution is 7.89. The minimum absolute atomic E-state index is 0.108. The van der Waals surface area contributed by atoms with E-state index < -0.39 is 15.7 Å². The van der Waals surface area contributed by atoms with Crippen LogP contribution in [-0.2, 0) is 15.7 Å². The first-order chi connectivity index (χ1) is 17.5. The van der Waals surface area contributed by atoms with Crippen LogP contribution in [0.5, 0.6) is 0 Å². The summed E-state index contributed by atoms with van der Waals surface area (Å²) in [6.07, 6.45) is 6.20. The summed E-state index contributed by atoms with van der Waals surface area (Å²) in [7, 11) is -2.18. The normalized spacial score (nSPS) is 18.4. The Bertz CT molecular complexity index is 1550. The molecule has 1 aromatic carbocycles. The fraction of sp³-hybridized carbons (Fsp3) is 0.0833. The lowest BCUT2D eigenvalue weighted by Crippen LogP contribution is -2.57. The average molecular weight is 538 g/mol. The van der Waals surface area contributed by atoms with E-state index in [9.17, 15) is 8.42 Å². The molecule has 6 rings (SSSR count). The lowest BCUT2D eigenvalue weighted by atomic mass is 10.1. The lowest BCUT2D eigenvalue weighted by Gasteiger charge is -2.41. The van der Waals surface area contributed by atoms with E-state index in [0.717, 1.165) is 4.88 Å². The zero-order chi connectivity index (χ0) is 24.8. The predicted octanol–water partition coefficient (Wildman–Crippen LogP) is 4.65. The van der Waals surface area contributed by atoms with Crippen molar-refractivity contribution in [3.63, 3.8) is 0 Å². The van der Waals surface area contributed by atoms with Crippen molar-refractivity contribution in [1.82, 2.24) is 24.7 Å². The number of aromatic nitrogens is 2. The molecule has 1 aliphatic heterocycles. The summed E-state index contributed by atoms with van der Waals surface area (Å²) in [5.74, 6) is 0.706. The summed E-state index contributed by atoms with van der Waals surface area (Å²) in [6.45, 7) is 0. The largest absolute Gasteiger partial charge is 0.464 e. The van der Waals surface area contributed by atoms with Crippen molar-refractivity contribution in [3.8, 4) is 0 Å². The third-order valence-corrected chi connectivity index (χ3v) is 8.91. The maximum atomic E-state index is 13.7. The second-order valence-electron chi connectivity index (χ2n) is 7.80. The van der Waals surface area contributed by atoms with Crippen molar-refractivity contribution in [2.45, 2.75) is 10.6 Å². The molecule has 0 aliphatic carbocycles. The summed E-state index contributed by atoms with van der Waals surface area (Å²) >= 11 is 2.90. The molecule has 0 spiro atoms. The van der Waals surface area contributed by atoms with Crippen LogP contribution in [-0.4, -0.2) is 35.3 Å². The molecule has 0 bridgehead atoms. The number of thiazole rings is 1. The summed E-state index contributed by atoms with van der Waals surface area (Å²) in [6, 6.07) is 15.6. The van der Waals surface area contributed by atoms with Crippen LogP contribution in [0, 0.1) is 0 Å². The monoisotopic (exact) mass is 537 g/mol. The molecule has 12 heteroatoms. The van der Waals surface area contributed by atoms with E-state index in [0.29, 0.717) is 22.2 Å². The molecule has 0 radical (unpaired) electrons. The molecule has 0 fully saturated rings. The quantitative estimate of drug-likeness (QED) is 0.320. The predicted molar refractivity (Wildman–Crippen MR) is 136 cm³/mol. The van der Waals surface area contributed by atoms with E-state index in [4.69, 9.17) is 8.83 Å². The van der Waals surface area contributed by atoms with Gasteiger partial charge in [0.25, 0.3) is 10.0 Å². The second-order valence-corrected chi connectivity index (χ2v) is 11.3. The number of oxazole rings is 1.